The first-order chi connectivity index (χ1) is 9.67. The third-order valence-corrected chi connectivity index (χ3v) is 3.83. The fraction of sp³-hybridized carbons (Fsp3) is 0.833. The van der Waals surface area contributed by atoms with Crippen LogP contribution in [0, 0.1) is 0 Å². The first-order valence-electron chi connectivity index (χ1n) is 8.53. The maximum Gasteiger partial charge on any atom is 0.333 e. The Bertz CT molecular complexity index is 279. The minimum atomic E-state index is -0.110. The van der Waals surface area contributed by atoms with E-state index in [9.17, 15) is 4.79 Å². The summed E-state index contributed by atoms with van der Waals surface area (Å²) in [7, 11) is 0. The predicted octanol–water partition coefficient (Wildman–Crippen LogP) is 5.81. The molecule has 0 aromatic rings. The lowest BCUT2D eigenvalue weighted by atomic mass is 9.99. The largest absolute Gasteiger partial charge is 0.462 e. The molecule has 0 aliphatic rings. The fourth-order valence-electron chi connectivity index (χ4n) is 2.31. The lowest BCUT2D eigenvalue weighted by Crippen LogP contribution is -2.09. The van der Waals surface area contributed by atoms with E-state index >= 15 is 0 Å². The van der Waals surface area contributed by atoms with Gasteiger partial charge in [0.2, 0.25) is 0 Å². The number of hydrogen-bond donors (Lipinski definition) is 0. The first-order valence-corrected chi connectivity index (χ1v) is 8.53. The number of unbranched alkanes of at least 4 members (excludes halogenated alkanes) is 6. The summed E-state index contributed by atoms with van der Waals surface area (Å²) in [6, 6.07) is 0. The zero-order chi connectivity index (χ0) is 15.2. The topological polar surface area (TPSA) is 26.3 Å². The summed E-state index contributed by atoms with van der Waals surface area (Å²) in [6.45, 7) is 8.96. The summed E-state index contributed by atoms with van der Waals surface area (Å²) in [6.07, 6.45) is 11.8. The van der Waals surface area contributed by atoms with E-state index in [0.717, 1.165) is 31.3 Å². The molecule has 0 radical (unpaired) electrons. The summed E-state index contributed by atoms with van der Waals surface area (Å²) >= 11 is 0. The number of hydrogen-bond acceptors (Lipinski definition) is 2. The van der Waals surface area contributed by atoms with Crippen LogP contribution in [0.1, 0.15) is 91.9 Å². The van der Waals surface area contributed by atoms with Crippen molar-refractivity contribution in [2.75, 3.05) is 6.61 Å². The molecule has 0 unspecified atom stereocenters. The van der Waals surface area contributed by atoms with E-state index in [1.807, 2.05) is 6.92 Å². The Balaban J connectivity index is 4.05. The molecule has 0 atom stereocenters. The fourth-order valence-corrected chi connectivity index (χ4v) is 2.31. The lowest BCUT2D eigenvalue weighted by Gasteiger charge is -2.10. The second-order valence-corrected chi connectivity index (χ2v) is 5.59. The molecule has 2 heteroatoms. The quantitative estimate of drug-likeness (QED) is 0.256. The van der Waals surface area contributed by atoms with E-state index in [4.69, 9.17) is 4.74 Å². The van der Waals surface area contributed by atoms with Crippen molar-refractivity contribution in [3.05, 3.63) is 11.1 Å². The molecule has 118 valence electrons. The van der Waals surface area contributed by atoms with E-state index in [1.54, 1.807) is 0 Å². The minimum absolute atomic E-state index is 0.110. The summed E-state index contributed by atoms with van der Waals surface area (Å²) in [4.78, 5) is 11.9. The molecule has 0 aromatic heterocycles. The molecule has 0 spiro atoms. The third kappa shape index (κ3) is 9.17. The zero-order valence-electron chi connectivity index (χ0n) is 14.1. The highest BCUT2D eigenvalue weighted by molar-refractivity contribution is 5.88. The second-order valence-electron chi connectivity index (χ2n) is 5.59. The maximum absolute atomic E-state index is 11.9. The van der Waals surface area contributed by atoms with Crippen LogP contribution in [0.25, 0.3) is 0 Å². The van der Waals surface area contributed by atoms with Gasteiger partial charge in [0.05, 0.1) is 6.61 Å². The second kappa shape index (κ2) is 13.2. The van der Waals surface area contributed by atoms with Gasteiger partial charge in [-0.1, -0.05) is 64.9 Å². The van der Waals surface area contributed by atoms with Crippen LogP contribution in [-0.2, 0) is 9.53 Å². The van der Waals surface area contributed by atoms with Gasteiger partial charge in [0.1, 0.15) is 0 Å². The smallest absolute Gasteiger partial charge is 0.333 e. The van der Waals surface area contributed by atoms with Crippen LogP contribution < -0.4 is 0 Å². The number of rotatable bonds is 12. The van der Waals surface area contributed by atoms with Crippen molar-refractivity contribution in [3.63, 3.8) is 0 Å². The Morgan fingerprint density at radius 2 is 1.45 bits per heavy atom. The van der Waals surface area contributed by atoms with E-state index in [2.05, 4.69) is 20.8 Å². The van der Waals surface area contributed by atoms with Gasteiger partial charge in [0.15, 0.2) is 0 Å². The highest BCUT2D eigenvalue weighted by atomic mass is 16.5. The Morgan fingerprint density at radius 1 is 0.850 bits per heavy atom. The van der Waals surface area contributed by atoms with E-state index < -0.39 is 0 Å². The summed E-state index contributed by atoms with van der Waals surface area (Å²) < 4.78 is 5.29. The van der Waals surface area contributed by atoms with Gasteiger partial charge in [-0.2, -0.15) is 0 Å². The van der Waals surface area contributed by atoms with Gasteiger partial charge in [0.25, 0.3) is 0 Å². The third-order valence-electron chi connectivity index (χ3n) is 3.83. The van der Waals surface area contributed by atoms with Crippen LogP contribution in [0.2, 0.25) is 0 Å². The Morgan fingerprint density at radius 3 is 2.05 bits per heavy atom. The Hall–Kier alpha value is -0.790. The van der Waals surface area contributed by atoms with Crippen LogP contribution in [0.4, 0.5) is 0 Å². The molecule has 0 N–H and O–H groups in total. The van der Waals surface area contributed by atoms with Crippen molar-refractivity contribution >= 4 is 5.97 Å². The summed E-state index contributed by atoms with van der Waals surface area (Å²) in [5, 5.41) is 0. The Kier molecular flexibility index (Phi) is 12.7. The van der Waals surface area contributed by atoms with Gasteiger partial charge >= 0.3 is 5.97 Å². The van der Waals surface area contributed by atoms with E-state index in [-0.39, 0.29) is 5.97 Å². The average molecular weight is 282 g/mol. The van der Waals surface area contributed by atoms with Gasteiger partial charge < -0.3 is 4.74 Å². The van der Waals surface area contributed by atoms with Crippen molar-refractivity contribution in [1.29, 1.82) is 0 Å². The molecule has 0 rings (SSSR count). The molecule has 0 saturated carbocycles. The molecule has 0 bridgehead atoms. The van der Waals surface area contributed by atoms with Gasteiger partial charge in [-0.25, -0.2) is 4.79 Å². The molecule has 0 amide bonds. The van der Waals surface area contributed by atoms with Gasteiger partial charge in [-0.3, -0.25) is 0 Å². The number of esters is 1. The summed E-state index contributed by atoms with van der Waals surface area (Å²) in [5.74, 6) is -0.110. The molecule has 0 heterocycles. The zero-order valence-corrected chi connectivity index (χ0v) is 14.1. The number of carbonyl (C=O) groups is 1. The molecular formula is C18H34O2. The van der Waals surface area contributed by atoms with Gasteiger partial charge in [-0.15, -0.1) is 0 Å². The predicted molar refractivity (Wildman–Crippen MR) is 86.9 cm³/mol. The minimum Gasteiger partial charge on any atom is -0.462 e. The molecule has 0 aliphatic heterocycles. The van der Waals surface area contributed by atoms with Crippen LogP contribution >= 0.6 is 0 Å². The molecule has 0 aromatic carbocycles. The van der Waals surface area contributed by atoms with Crippen molar-refractivity contribution in [2.45, 2.75) is 91.9 Å². The van der Waals surface area contributed by atoms with Gasteiger partial charge in [0, 0.05) is 5.57 Å². The standard InChI is InChI=1S/C18H34O2/c1-5-8-10-11-12-13-14-17(7-3)16(4)18(19)20-15-9-6-2/h5-15H2,1-4H3. The van der Waals surface area contributed by atoms with Crippen LogP contribution in [0.3, 0.4) is 0 Å². The average Bonchev–Trinajstić information content (AvgIpc) is 2.46. The molecule has 0 fully saturated rings. The first kappa shape index (κ1) is 19.2. The van der Waals surface area contributed by atoms with Crippen molar-refractivity contribution in [2.24, 2.45) is 0 Å². The van der Waals surface area contributed by atoms with E-state index in [0.29, 0.717) is 6.61 Å². The van der Waals surface area contributed by atoms with Crippen LogP contribution in [-0.4, -0.2) is 12.6 Å². The monoisotopic (exact) mass is 282 g/mol. The number of allylic oxidation sites excluding steroid dienone is 1. The number of carbonyl (C=O) groups excluding carboxylic acids is 1. The van der Waals surface area contributed by atoms with E-state index in [1.165, 1.54) is 44.1 Å². The van der Waals surface area contributed by atoms with Gasteiger partial charge in [-0.05, 0) is 32.6 Å². The highest BCUT2D eigenvalue weighted by Crippen LogP contribution is 2.19. The SMILES string of the molecule is CCCCCCCCC(CC)=C(C)C(=O)OCCCC. The number of ether oxygens (including phenoxy) is 1. The molecule has 2 nitrogen and oxygen atoms in total. The highest BCUT2D eigenvalue weighted by Gasteiger charge is 2.10. The van der Waals surface area contributed by atoms with Crippen molar-refractivity contribution < 1.29 is 9.53 Å². The normalized spacial score (nSPS) is 12.2. The molecule has 20 heavy (non-hydrogen) atoms. The van der Waals surface area contributed by atoms with Crippen molar-refractivity contribution in [3.8, 4) is 0 Å². The molecular weight excluding hydrogens is 248 g/mol. The lowest BCUT2D eigenvalue weighted by molar-refractivity contribution is -0.139. The summed E-state index contributed by atoms with van der Waals surface area (Å²) in [5.41, 5.74) is 2.12. The molecule has 0 aliphatic carbocycles. The molecule has 0 saturated heterocycles. The Labute approximate surface area is 126 Å². The van der Waals surface area contributed by atoms with Crippen LogP contribution in [0.15, 0.2) is 11.1 Å². The maximum atomic E-state index is 11.9. The van der Waals surface area contributed by atoms with Crippen molar-refractivity contribution in [1.82, 2.24) is 0 Å². The van der Waals surface area contributed by atoms with Crippen LogP contribution in [0.5, 0.6) is 0 Å².